The van der Waals surface area contributed by atoms with Gasteiger partial charge in [0.05, 0.1) is 10.6 Å². The Labute approximate surface area is 98.2 Å². The van der Waals surface area contributed by atoms with Gasteiger partial charge in [-0.15, -0.1) is 0 Å². The van der Waals surface area contributed by atoms with Crippen LogP contribution in [0.1, 0.15) is 12.0 Å². The van der Waals surface area contributed by atoms with E-state index in [0.29, 0.717) is 18.7 Å². The highest BCUT2D eigenvalue weighted by Gasteiger charge is 2.29. The minimum atomic E-state index is -0.469. The van der Waals surface area contributed by atoms with Gasteiger partial charge in [-0.2, -0.15) is 0 Å². The zero-order valence-corrected chi connectivity index (χ0v) is 9.42. The van der Waals surface area contributed by atoms with Gasteiger partial charge in [-0.1, -0.05) is 6.07 Å². The van der Waals surface area contributed by atoms with E-state index in [-0.39, 0.29) is 17.6 Å². The van der Waals surface area contributed by atoms with E-state index < -0.39 is 4.92 Å². The topological polar surface area (TPSA) is 89.5 Å². The van der Waals surface area contributed by atoms with Gasteiger partial charge in [-0.25, -0.2) is 0 Å². The third-order valence-corrected chi connectivity index (χ3v) is 2.85. The summed E-state index contributed by atoms with van der Waals surface area (Å²) in [7, 11) is 0. The maximum Gasteiger partial charge on any atom is 0.271 e. The molecular formula is C11H13N3O3. The molecule has 1 aliphatic rings. The minimum Gasteiger partial charge on any atom is -0.326 e. The molecule has 0 aromatic heterocycles. The van der Waals surface area contributed by atoms with E-state index in [0.717, 1.165) is 5.56 Å². The molecule has 17 heavy (non-hydrogen) atoms. The molecule has 2 rings (SSSR count). The molecule has 1 saturated heterocycles. The van der Waals surface area contributed by atoms with Crippen LogP contribution in [0.2, 0.25) is 0 Å². The van der Waals surface area contributed by atoms with Crippen molar-refractivity contribution in [3.63, 3.8) is 0 Å². The number of hydrogen-bond donors (Lipinski definition) is 1. The molecule has 1 fully saturated rings. The second kappa shape index (κ2) is 4.14. The van der Waals surface area contributed by atoms with Crippen LogP contribution >= 0.6 is 0 Å². The third-order valence-electron chi connectivity index (χ3n) is 2.85. The summed E-state index contributed by atoms with van der Waals surface area (Å²) in [5, 5.41) is 10.7. The van der Waals surface area contributed by atoms with Gasteiger partial charge in [0.2, 0.25) is 5.91 Å². The smallest absolute Gasteiger partial charge is 0.271 e. The van der Waals surface area contributed by atoms with Crippen molar-refractivity contribution in [1.82, 2.24) is 0 Å². The van der Waals surface area contributed by atoms with Crippen LogP contribution in [0.5, 0.6) is 0 Å². The van der Waals surface area contributed by atoms with Gasteiger partial charge in [-0.05, 0) is 12.5 Å². The monoisotopic (exact) mass is 235 g/mol. The Kier molecular flexibility index (Phi) is 2.81. The van der Waals surface area contributed by atoms with E-state index in [4.69, 9.17) is 5.73 Å². The summed E-state index contributed by atoms with van der Waals surface area (Å²) in [6, 6.07) is 4.30. The SMILES string of the molecule is Cc1ccc([N+](=O)[O-])cc1N1CC(N)CC1=O. The lowest BCUT2D eigenvalue weighted by molar-refractivity contribution is -0.384. The summed E-state index contributed by atoms with van der Waals surface area (Å²) in [6.07, 6.45) is 0.294. The van der Waals surface area contributed by atoms with Gasteiger partial charge in [0.1, 0.15) is 0 Å². The van der Waals surface area contributed by atoms with Gasteiger partial charge >= 0.3 is 0 Å². The number of nitro benzene ring substituents is 1. The first kappa shape index (κ1) is 11.5. The van der Waals surface area contributed by atoms with E-state index in [1.165, 1.54) is 17.0 Å². The predicted octanol–water partition coefficient (Wildman–Crippen LogP) is 0.967. The molecule has 0 aliphatic carbocycles. The summed E-state index contributed by atoms with van der Waals surface area (Å²) >= 11 is 0. The molecule has 1 unspecified atom stereocenters. The molecule has 0 spiro atoms. The average Bonchev–Trinajstić information content (AvgIpc) is 2.58. The number of non-ortho nitro benzene ring substituents is 1. The van der Waals surface area contributed by atoms with Crippen molar-refractivity contribution in [2.75, 3.05) is 11.4 Å². The molecule has 0 saturated carbocycles. The first-order valence-corrected chi connectivity index (χ1v) is 5.30. The Morgan fingerprint density at radius 2 is 2.24 bits per heavy atom. The summed E-state index contributed by atoms with van der Waals surface area (Å²) < 4.78 is 0. The highest BCUT2D eigenvalue weighted by atomic mass is 16.6. The molecule has 0 bridgehead atoms. The molecule has 1 aromatic carbocycles. The van der Waals surface area contributed by atoms with Gasteiger partial charge < -0.3 is 10.6 Å². The number of benzene rings is 1. The van der Waals surface area contributed by atoms with Gasteiger partial charge in [-0.3, -0.25) is 14.9 Å². The molecule has 1 aromatic rings. The van der Waals surface area contributed by atoms with Crippen LogP contribution in [0, 0.1) is 17.0 Å². The van der Waals surface area contributed by atoms with Crippen LogP contribution in [0.25, 0.3) is 0 Å². The van der Waals surface area contributed by atoms with Crippen molar-refractivity contribution in [1.29, 1.82) is 0 Å². The number of amides is 1. The third kappa shape index (κ3) is 2.12. The van der Waals surface area contributed by atoms with Crippen LogP contribution in [0.15, 0.2) is 18.2 Å². The number of carbonyl (C=O) groups excluding carboxylic acids is 1. The fourth-order valence-electron chi connectivity index (χ4n) is 1.97. The van der Waals surface area contributed by atoms with Crippen LogP contribution < -0.4 is 10.6 Å². The van der Waals surface area contributed by atoms with Gasteiger partial charge in [0.15, 0.2) is 0 Å². The molecule has 1 aliphatic heterocycles. The van der Waals surface area contributed by atoms with E-state index in [1.54, 1.807) is 6.07 Å². The average molecular weight is 235 g/mol. The fourth-order valence-corrected chi connectivity index (χ4v) is 1.97. The van der Waals surface area contributed by atoms with E-state index in [2.05, 4.69) is 0 Å². The van der Waals surface area contributed by atoms with Crippen molar-refractivity contribution >= 4 is 17.3 Å². The summed E-state index contributed by atoms with van der Waals surface area (Å²) in [4.78, 5) is 23.4. The van der Waals surface area contributed by atoms with E-state index >= 15 is 0 Å². The second-order valence-electron chi connectivity index (χ2n) is 4.20. The molecule has 2 N–H and O–H groups in total. The number of aryl methyl sites for hydroxylation is 1. The van der Waals surface area contributed by atoms with Gasteiger partial charge in [0, 0.05) is 31.1 Å². The minimum absolute atomic E-state index is 0.0149. The standard InChI is InChI=1S/C11H13N3O3/c1-7-2-3-9(14(16)17)5-10(7)13-6-8(12)4-11(13)15/h2-3,5,8H,4,6,12H2,1H3. The normalized spacial score (nSPS) is 19.8. The zero-order chi connectivity index (χ0) is 12.6. The molecule has 1 amide bonds. The Bertz CT molecular complexity index is 487. The number of hydrogen-bond acceptors (Lipinski definition) is 4. The maximum atomic E-state index is 11.7. The summed E-state index contributed by atoms with van der Waals surface area (Å²) in [5.74, 6) is -0.0823. The van der Waals surface area contributed by atoms with Crippen LogP contribution in [0.3, 0.4) is 0 Å². The lowest BCUT2D eigenvalue weighted by Gasteiger charge is -2.18. The van der Waals surface area contributed by atoms with Crippen LogP contribution in [-0.2, 0) is 4.79 Å². The predicted molar refractivity (Wildman–Crippen MR) is 62.8 cm³/mol. The Morgan fingerprint density at radius 3 is 2.76 bits per heavy atom. The largest absolute Gasteiger partial charge is 0.326 e. The fraction of sp³-hybridized carbons (Fsp3) is 0.364. The zero-order valence-electron chi connectivity index (χ0n) is 9.42. The first-order valence-electron chi connectivity index (χ1n) is 5.30. The summed E-state index contributed by atoms with van der Waals surface area (Å²) in [6.45, 7) is 2.23. The lowest BCUT2D eigenvalue weighted by Crippen LogP contribution is -2.28. The van der Waals surface area contributed by atoms with E-state index in [9.17, 15) is 14.9 Å². The number of nitrogens with two attached hydrogens (primary N) is 1. The number of rotatable bonds is 2. The highest BCUT2D eigenvalue weighted by Crippen LogP contribution is 2.28. The van der Waals surface area contributed by atoms with E-state index in [1.807, 2.05) is 6.92 Å². The summed E-state index contributed by atoms with van der Waals surface area (Å²) in [5.41, 5.74) is 7.10. The maximum absolute atomic E-state index is 11.7. The number of nitro groups is 1. The molecule has 6 heteroatoms. The highest BCUT2D eigenvalue weighted by molar-refractivity contribution is 5.97. The van der Waals surface area contributed by atoms with Crippen molar-refractivity contribution < 1.29 is 9.72 Å². The number of nitrogens with zero attached hydrogens (tertiary/aromatic N) is 2. The first-order chi connectivity index (χ1) is 7.99. The lowest BCUT2D eigenvalue weighted by atomic mass is 10.1. The Balaban J connectivity index is 2.41. The van der Waals surface area contributed by atoms with Gasteiger partial charge in [0.25, 0.3) is 5.69 Å². The van der Waals surface area contributed by atoms with Crippen molar-refractivity contribution in [2.24, 2.45) is 5.73 Å². The van der Waals surface area contributed by atoms with Crippen LogP contribution in [0.4, 0.5) is 11.4 Å². The Morgan fingerprint density at radius 1 is 1.53 bits per heavy atom. The molecule has 0 radical (unpaired) electrons. The molecule has 1 heterocycles. The second-order valence-corrected chi connectivity index (χ2v) is 4.20. The Hall–Kier alpha value is -1.95. The number of carbonyl (C=O) groups is 1. The number of anilines is 1. The molecular weight excluding hydrogens is 222 g/mol. The van der Waals surface area contributed by atoms with Crippen molar-refractivity contribution in [3.05, 3.63) is 33.9 Å². The molecule has 90 valence electrons. The molecule has 1 atom stereocenters. The quantitative estimate of drug-likeness (QED) is 0.610. The van der Waals surface area contributed by atoms with Crippen molar-refractivity contribution in [2.45, 2.75) is 19.4 Å². The van der Waals surface area contributed by atoms with Crippen molar-refractivity contribution in [3.8, 4) is 0 Å². The van der Waals surface area contributed by atoms with Crippen LogP contribution in [-0.4, -0.2) is 23.4 Å². The molecule has 6 nitrogen and oxygen atoms in total.